The molecule has 2 aliphatic rings. The van der Waals surface area contributed by atoms with Crippen LogP contribution in [0.4, 0.5) is 0 Å². The molecule has 7 nitrogen and oxygen atoms in total. The molecule has 0 radical (unpaired) electrons. The van der Waals surface area contributed by atoms with Gasteiger partial charge in [-0.2, -0.15) is 5.21 Å². The van der Waals surface area contributed by atoms with Gasteiger partial charge in [0.15, 0.2) is 5.82 Å². The number of rotatable bonds is 4. The molecule has 0 bridgehead atoms. The first-order valence-corrected chi connectivity index (χ1v) is 7.48. The van der Waals surface area contributed by atoms with Crippen molar-refractivity contribution in [3.63, 3.8) is 0 Å². The van der Waals surface area contributed by atoms with Crippen molar-refractivity contribution < 1.29 is 4.79 Å². The highest BCUT2D eigenvalue weighted by molar-refractivity contribution is 5.77. The predicted molar refractivity (Wildman–Crippen MR) is 72.9 cm³/mol. The summed E-state index contributed by atoms with van der Waals surface area (Å²) in [6, 6.07) is 0.951. The van der Waals surface area contributed by atoms with E-state index in [9.17, 15) is 4.79 Å². The van der Waals surface area contributed by atoms with Crippen molar-refractivity contribution in [1.29, 1.82) is 0 Å². The Morgan fingerprint density at radius 2 is 2.10 bits per heavy atom. The van der Waals surface area contributed by atoms with Gasteiger partial charge in [-0.05, 0) is 39.3 Å². The number of amides is 1. The number of likely N-dealkylation sites (tertiary alicyclic amines) is 2. The Hall–Kier alpha value is -1.50. The number of H-pyrrole nitrogens is 1. The van der Waals surface area contributed by atoms with Crippen molar-refractivity contribution in [2.45, 2.75) is 50.6 Å². The van der Waals surface area contributed by atoms with Crippen LogP contribution in [0.1, 0.15) is 37.9 Å². The first-order chi connectivity index (χ1) is 9.75. The number of carbonyl (C=O) groups is 1. The third-order valence-electron chi connectivity index (χ3n) is 4.59. The molecule has 2 atom stereocenters. The number of hydrogen-bond acceptors (Lipinski definition) is 5. The van der Waals surface area contributed by atoms with Gasteiger partial charge in [0.25, 0.3) is 0 Å². The van der Waals surface area contributed by atoms with E-state index in [0.717, 1.165) is 25.9 Å². The summed E-state index contributed by atoms with van der Waals surface area (Å²) in [6.07, 6.45) is 5.79. The summed E-state index contributed by atoms with van der Waals surface area (Å²) in [5.74, 6) is 0.852. The standard InChI is InChI=1S/C13H22N6O/c1-18-8-2-4-10(18)11-5-3-9-19(11)13(20)7-6-12-14-16-17-15-12/h10-11H,2-9H2,1H3,(H,14,15,16,17). The topological polar surface area (TPSA) is 78.0 Å². The van der Waals surface area contributed by atoms with E-state index >= 15 is 0 Å². The van der Waals surface area contributed by atoms with Crippen LogP contribution >= 0.6 is 0 Å². The van der Waals surface area contributed by atoms with Crippen LogP contribution in [0.3, 0.4) is 0 Å². The molecule has 1 aromatic heterocycles. The quantitative estimate of drug-likeness (QED) is 0.852. The van der Waals surface area contributed by atoms with Crippen molar-refractivity contribution in [2.24, 2.45) is 0 Å². The van der Waals surface area contributed by atoms with Gasteiger partial charge in [-0.3, -0.25) is 4.79 Å². The summed E-state index contributed by atoms with van der Waals surface area (Å²) >= 11 is 0. The fraction of sp³-hybridized carbons (Fsp3) is 0.846. The number of nitrogens with one attached hydrogen (secondary N) is 1. The SMILES string of the molecule is CN1CCCC1C1CCCN1C(=O)CCc1nn[nH]n1. The lowest BCUT2D eigenvalue weighted by atomic mass is 10.0. The maximum Gasteiger partial charge on any atom is 0.223 e. The summed E-state index contributed by atoms with van der Waals surface area (Å²) < 4.78 is 0. The van der Waals surface area contributed by atoms with Gasteiger partial charge in [-0.15, -0.1) is 10.2 Å². The predicted octanol–water partition coefficient (Wildman–Crippen LogP) is 0.218. The summed E-state index contributed by atoms with van der Waals surface area (Å²) in [7, 11) is 2.18. The number of aryl methyl sites for hydroxylation is 1. The smallest absolute Gasteiger partial charge is 0.223 e. The minimum absolute atomic E-state index is 0.234. The maximum absolute atomic E-state index is 12.4. The Morgan fingerprint density at radius 3 is 2.80 bits per heavy atom. The van der Waals surface area contributed by atoms with E-state index < -0.39 is 0 Å². The van der Waals surface area contributed by atoms with Crippen molar-refractivity contribution >= 4 is 5.91 Å². The zero-order valence-electron chi connectivity index (χ0n) is 12.0. The molecule has 110 valence electrons. The molecule has 0 aromatic carbocycles. The van der Waals surface area contributed by atoms with Gasteiger partial charge in [-0.25, -0.2) is 0 Å². The maximum atomic E-state index is 12.4. The molecule has 7 heteroatoms. The van der Waals surface area contributed by atoms with Crippen molar-refractivity contribution in [1.82, 2.24) is 30.4 Å². The third-order valence-corrected chi connectivity index (χ3v) is 4.59. The molecule has 2 aliphatic heterocycles. The van der Waals surface area contributed by atoms with Gasteiger partial charge >= 0.3 is 0 Å². The van der Waals surface area contributed by atoms with Gasteiger partial charge in [0.1, 0.15) is 0 Å². The normalized spacial score (nSPS) is 27.4. The van der Waals surface area contributed by atoms with E-state index in [1.165, 1.54) is 12.8 Å². The molecular formula is C13H22N6O. The van der Waals surface area contributed by atoms with Crippen LogP contribution in [0, 0.1) is 0 Å². The highest BCUT2D eigenvalue weighted by Crippen LogP contribution is 2.29. The van der Waals surface area contributed by atoms with Gasteiger partial charge < -0.3 is 9.80 Å². The zero-order chi connectivity index (χ0) is 13.9. The highest BCUT2D eigenvalue weighted by Gasteiger charge is 2.38. The molecule has 0 aliphatic carbocycles. The molecule has 3 rings (SSSR count). The van der Waals surface area contributed by atoms with Crippen LogP contribution in [0.15, 0.2) is 0 Å². The van der Waals surface area contributed by atoms with Gasteiger partial charge in [0.2, 0.25) is 5.91 Å². The molecule has 20 heavy (non-hydrogen) atoms. The fourth-order valence-corrected chi connectivity index (χ4v) is 3.58. The zero-order valence-corrected chi connectivity index (χ0v) is 12.0. The van der Waals surface area contributed by atoms with E-state index in [1.807, 2.05) is 0 Å². The first-order valence-electron chi connectivity index (χ1n) is 7.48. The Bertz CT molecular complexity index is 448. The monoisotopic (exact) mass is 278 g/mol. The average Bonchev–Trinajstić information content (AvgIpc) is 3.16. The summed E-state index contributed by atoms with van der Waals surface area (Å²) in [5.41, 5.74) is 0. The second-order valence-corrected chi connectivity index (χ2v) is 5.81. The lowest BCUT2D eigenvalue weighted by molar-refractivity contribution is -0.133. The van der Waals surface area contributed by atoms with Crippen molar-refractivity contribution in [3.8, 4) is 0 Å². The highest BCUT2D eigenvalue weighted by atomic mass is 16.2. The second-order valence-electron chi connectivity index (χ2n) is 5.81. The molecule has 0 spiro atoms. The van der Waals surface area contributed by atoms with Crippen LogP contribution in [0.5, 0.6) is 0 Å². The van der Waals surface area contributed by atoms with Gasteiger partial charge in [0.05, 0.1) is 0 Å². The van der Waals surface area contributed by atoms with E-state index in [1.54, 1.807) is 0 Å². The van der Waals surface area contributed by atoms with Crippen molar-refractivity contribution in [3.05, 3.63) is 5.82 Å². The summed E-state index contributed by atoms with van der Waals surface area (Å²) in [5, 5.41) is 13.7. The van der Waals surface area contributed by atoms with Gasteiger partial charge in [0, 0.05) is 31.5 Å². The largest absolute Gasteiger partial charge is 0.338 e. The Morgan fingerprint density at radius 1 is 1.30 bits per heavy atom. The van der Waals surface area contributed by atoms with E-state index in [-0.39, 0.29) is 5.91 Å². The fourth-order valence-electron chi connectivity index (χ4n) is 3.58. The Kier molecular flexibility index (Phi) is 3.95. The molecule has 1 amide bonds. The van der Waals surface area contributed by atoms with Crippen LogP contribution in [-0.2, 0) is 11.2 Å². The van der Waals surface area contributed by atoms with Crippen LogP contribution < -0.4 is 0 Å². The lowest BCUT2D eigenvalue weighted by Gasteiger charge is -2.33. The molecule has 2 fully saturated rings. The molecule has 2 saturated heterocycles. The number of carbonyl (C=O) groups excluding carboxylic acids is 1. The molecule has 2 unspecified atom stereocenters. The van der Waals surface area contributed by atoms with E-state index in [0.29, 0.717) is 30.7 Å². The molecular weight excluding hydrogens is 256 g/mol. The van der Waals surface area contributed by atoms with Crippen LogP contribution in [0.2, 0.25) is 0 Å². The minimum atomic E-state index is 0.234. The van der Waals surface area contributed by atoms with Crippen LogP contribution in [-0.4, -0.2) is 68.6 Å². The lowest BCUT2D eigenvalue weighted by Crippen LogP contribution is -2.47. The second kappa shape index (κ2) is 5.87. The summed E-state index contributed by atoms with van der Waals surface area (Å²) in [4.78, 5) is 16.9. The molecule has 1 N–H and O–H groups in total. The van der Waals surface area contributed by atoms with Crippen LogP contribution in [0.25, 0.3) is 0 Å². The number of nitrogens with zero attached hydrogens (tertiary/aromatic N) is 5. The Balaban J connectivity index is 1.58. The number of aromatic nitrogens is 4. The molecule has 0 saturated carbocycles. The van der Waals surface area contributed by atoms with Crippen molar-refractivity contribution in [2.75, 3.05) is 20.1 Å². The Labute approximate surface area is 118 Å². The minimum Gasteiger partial charge on any atom is -0.338 e. The van der Waals surface area contributed by atoms with E-state index in [2.05, 4.69) is 37.5 Å². The number of tetrazole rings is 1. The van der Waals surface area contributed by atoms with Gasteiger partial charge in [-0.1, -0.05) is 5.21 Å². The molecule has 3 heterocycles. The average molecular weight is 278 g/mol. The number of likely N-dealkylation sites (N-methyl/N-ethyl adjacent to an activating group) is 1. The number of aromatic amines is 1. The number of hydrogen-bond donors (Lipinski definition) is 1. The third kappa shape index (κ3) is 2.67. The van der Waals surface area contributed by atoms with E-state index in [4.69, 9.17) is 0 Å². The first kappa shape index (κ1) is 13.5. The summed E-state index contributed by atoms with van der Waals surface area (Å²) in [6.45, 7) is 2.06. The molecule has 1 aromatic rings.